The van der Waals surface area contributed by atoms with Crippen molar-refractivity contribution in [1.82, 2.24) is 14.8 Å². The van der Waals surface area contributed by atoms with Gasteiger partial charge in [-0.15, -0.1) is 0 Å². The summed E-state index contributed by atoms with van der Waals surface area (Å²) in [6, 6.07) is 12.7. The lowest BCUT2D eigenvalue weighted by molar-refractivity contribution is -0.188. The highest BCUT2D eigenvalue weighted by molar-refractivity contribution is 6.42. The first kappa shape index (κ1) is 19.2. The molecule has 0 amide bonds. The Balaban J connectivity index is 1.56. The van der Waals surface area contributed by atoms with Crippen molar-refractivity contribution in [2.45, 2.75) is 31.8 Å². The van der Waals surface area contributed by atoms with E-state index in [0.717, 1.165) is 12.0 Å². The highest BCUT2D eigenvalue weighted by atomic mass is 35.5. The van der Waals surface area contributed by atoms with Crippen LogP contribution in [0.5, 0.6) is 11.5 Å². The minimum atomic E-state index is -0.906. The summed E-state index contributed by atoms with van der Waals surface area (Å²) >= 11 is 12.0. The first-order valence-electron chi connectivity index (χ1n) is 8.95. The Bertz CT molecular complexity index is 934. The fourth-order valence-electron chi connectivity index (χ4n) is 3.07. The zero-order valence-electron chi connectivity index (χ0n) is 15.2. The first-order valence-corrected chi connectivity index (χ1v) is 9.71. The van der Waals surface area contributed by atoms with Crippen molar-refractivity contribution in [3.8, 4) is 11.5 Å². The van der Waals surface area contributed by atoms with E-state index >= 15 is 0 Å². The second-order valence-corrected chi connectivity index (χ2v) is 7.32. The Morgan fingerprint density at radius 2 is 1.93 bits per heavy atom. The van der Waals surface area contributed by atoms with Crippen molar-refractivity contribution in [2.24, 2.45) is 0 Å². The molecule has 1 aromatic heterocycles. The number of halogens is 2. The maximum Gasteiger partial charge on any atom is 0.215 e. The Morgan fingerprint density at radius 1 is 1.14 bits per heavy atom. The lowest BCUT2D eigenvalue weighted by Crippen LogP contribution is -2.33. The van der Waals surface area contributed by atoms with Crippen molar-refractivity contribution < 1.29 is 14.2 Å². The van der Waals surface area contributed by atoms with Gasteiger partial charge in [-0.25, -0.2) is 9.67 Å². The summed E-state index contributed by atoms with van der Waals surface area (Å²) in [5, 5.41) is 5.12. The van der Waals surface area contributed by atoms with Crippen molar-refractivity contribution >= 4 is 23.2 Å². The molecule has 28 heavy (non-hydrogen) atoms. The molecule has 2 heterocycles. The molecule has 0 bridgehead atoms. The van der Waals surface area contributed by atoms with E-state index < -0.39 is 5.79 Å². The highest BCUT2D eigenvalue weighted by Crippen LogP contribution is 2.38. The second-order valence-electron chi connectivity index (χ2n) is 6.51. The summed E-state index contributed by atoms with van der Waals surface area (Å²) in [4.78, 5) is 4.00. The van der Waals surface area contributed by atoms with Gasteiger partial charge in [0.1, 0.15) is 30.7 Å². The SMILES string of the molecule is CCC1COC(Cn2cncn2)(c2ccc(Oc3ccc(Cl)c(Cl)c3)cc2)O1. The third-order valence-corrected chi connectivity index (χ3v) is 5.31. The second kappa shape index (κ2) is 8.09. The van der Waals surface area contributed by atoms with E-state index in [1.807, 2.05) is 24.3 Å². The monoisotopic (exact) mass is 419 g/mol. The van der Waals surface area contributed by atoms with Gasteiger partial charge in [0, 0.05) is 11.6 Å². The Kier molecular flexibility index (Phi) is 5.55. The molecule has 146 valence electrons. The number of hydrogen-bond acceptors (Lipinski definition) is 5. The van der Waals surface area contributed by atoms with E-state index in [9.17, 15) is 0 Å². The van der Waals surface area contributed by atoms with Crippen LogP contribution in [0.25, 0.3) is 0 Å². The largest absolute Gasteiger partial charge is 0.457 e. The van der Waals surface area contributed by atoms with Gasteiger partial charge in [0.2, 0.25) is 5.79 Å². The highest BCUT2D eigenvalue weighted by Gasteiger charge is 2.43. The lowest BCUT2D eigenvalue weighted by Gasteiger charge is -2.28. The van der Waals surface area contributed by atoms with Gasteiger partial charge in [-0.2, -0.15) is 5.10 Å². The van der Waals surface area contributed by atoms with Crippen LogP contribution < -0.4 is 4.74 Å². The lowest BCUT2D eigenvalue weighted by atomic mass is 10.1. The van der Waals surface area contributed by atoms with Gasteiger partial charge in [0.25, 0.3) is 0 Å². The number of nitrogens with zero attached hydrogens (tertiary/aromatic N) is 3. The molecule has 2 aromatic carbocycles. The van der Waals surface area contributed by atoms with Crippen LogP contribution in [0.2, 0.25) is 10.0 Å². The standard InChI is InChI=1S/C20H19Cl2N3O3/c1-2-15-10-26-20(28-15,11-25-13-23-12-24-25)14-3-5-16(6-4-14)27-17-7-8-18(21)19(22)9-17/h3-9,12-13,15H,2,10-11H2,1H3. The number of rotatable bonds is 6. The minimum Gasteiger partial charge on any atom is -0.457 e. The molecule has 3 aromatic rings. The molecule has 8 heteroatoms. The van der Waals surface area contributed by atoms with Gasteiger partial charge in [-0.3, -0.25) is 0 Å². The van der Waals surface area contributed by atoms with Crippen LogP contribution in [0, 0.1) is 0 Å². The van der Waals surface area contributed by atoms with Crippen LogP contribution in [0.15, 0.2) is 55.1 Å². The summed E-state index contributed by atoms with van der Waals surface area (Å²) in [5.74, 6) is 0.373. The molecular weight excluding hydrogens is 401 g/mol. The van der Waals surface area contributed by atoms with Gasteiger partial charge in [-0.1, -0.05) is 30.1 Å². The van der Waals surface area contributed by atoms with Crippen LogP contribution in [-0.2, 0) is 21.8 Å². The Morgan fingerprint density at radius 3 is 2.57 bits per heavy atom. The number of hydrogen-bond donors (Lipinski definition) is 0. The molecule has 2 unspecified atom stereocenters. The molecule has 0 spiro atoms. The zero-order valence-corrected chi connectivity index (χ0v) is 16.7. The molecule has 0 aliphatic carbocycles. The molecule has 4 rings (SSSR count). The van der Waals surface area contributed by atoms with E-state index in [2.05, 4.69) is 17.0 Å². The van der Waals surface area contributed by atoms with E-state index in [0.29, 0.717) is 34.7 Å². The number of aromatic nitrogens is 3. The number of benzene rings is 2. The molecule has 6 nitrogen and oxygen atoms in total. The van der Waals surface area contributed by atoms with Crippen molar-refractivity contribution in [3.63, 3.8) is 0 Å². The molecule has 0 N–H and O–H groups in total. The van der Waals surface area contributed by atoms with E-state index in [4.69, 9.17) is 37.4 Å². The maximum absolute atomic E-state index is 6.26. The molecule has 1 saturated heterocycles. The van der Waals surface area contributed by atoms with Crippen molar-refractivity contribution in [2.75, 3.05) is 6.61 Å². The van der Waals surface area contributed by atoms with Crippen molar-refractivity contribution in [1.29, 1.82) is 0 Å². The van der Waals surface area contributed by atoms with Gasteiger partial charge in [0.15, 0.2) is 0 Å². The van der Waals surface area contributed by atoms with Gasteiger partial charge < -0.3 is 14.2 Å². The van der Waals surface area contributed by atoms with Crippen molar-refractivity contribution in [3.05, 3.63) is 70.7 Å². The average molecular weight is 420 g/mol. The summed E-state index contributed by atoms with van der Waals surface area (Å²) in [6.07, 6.45) is 4.05. The molecule has 1 aliphatic heterocycles. The fraction of sp³-hybridized carbons (Fsp3) is 0.300. The topological polar surface area (TPSA) is 58.4 Å². The molecule has 0 saturated carbocycles. The first-order chi connectivity index (χ1) is 13.6. The zero-order chi connectivity index (χ0) is 19.6. The smallest absolute Gasteiger partial charge is 0.215 e. The summed E-state index contributed by atoms with van der Waals surface area (Å²) < 4.78 is 19.9. The molecule has 2 atom stereocenters. The van der Waals surface area contributed by atoms with Gasteiger partial charge >= 0.3 is 0 Å². The van der Waals surface area contributed by atoms with Crippen LogP contribution in [0.4, 0.5) is 0 Å². The Labute approximate surface area is 173 Å². The molecule has 1 fully saturated rings. The van der Waals surface area contributed by atoms with Gasteiger partial charge in [-0.05, 0) is 42.8 Å². The Hall–Kier alpha value is -2.12. The minimum absolute atomic E-state index is 0.0376. The maximum atomic E-state index is 6.26. The summed E-state index contributed by atoms with van der Waals surface area (Å²) in [5.41, 5.74) is 0.889. The average Bonchev–Trinajstić information content (AvgIpc) is 3.36. The number of ether oxygens (including phenoxy) is 3. The van der Waals surface area contributed by atoms with Crippen LogP contribution >= 0.6 is 23.2 Å². The summed E-state index contributed by atoms with van der Waals surface area (Å²) in [6.45, 7) is 3.02. The third kappa shape index (κ3) is 4.00. The van der Waals surface area contributed by atoms with E-state index in [1.165, 1.54) is 6.33 Å². The molecular formula is C20H19Cl2N3O3. The van der Waals surface area contributed by atoms with Crippen LogP contribution in [0.1, 0.15) is 18.9 Å². The van der Waals surface area contributed by atoms with Crippen LogP contribution in [-0.4, -0.2) is 27.5 Å². The van der Waals surface area contributed by atoms with E-state index in [-0.39, 0.29) is 6.10 Å². The predicted octanol–water partition coefficient (Wildman–Crippen LogP) is 5.06. The van der Waals surface area contributed by atoms with Crippen LogP contribution in [0.3, 0.4) is 0 Å². The summed E-state index contributed by atoms with van der Waals surface area (Å²) in [7, 11) is 0. The van der Waals surface area contributed by atoms with E-state index in [1.54, 1.807) is 29.2 Å². The quantitative estimate of drug-likeness (QED) is 0.558. The normalized spacial score (nSPS) is 21.8. The third-order valence-electron chi connectivity index (χ3n) is 4.57. The fourth-order valence-corrected chi connectivity index (χ4v) is 3.36. The molecule has 0 radical (unpaired) electrons. The van der Waals surface area contributed by atoms with Gasteiger partial charge in [0.05, 0.1) is 22.8 Å². The predicted molar refractivity (Wildman–Crippen MR) is 106 cm³/mol. The molecule has 1 aliphatic rings.